The SMILES string of the molecule is COCOC(C)(C)CC(C[C@H](C)C1CCC2[C@@H](O[Si](C)(C)C(C)(C)C)CCCC21C)S(=O)(=O)c1ccccc1. The molecule has 0 heterocycles. The highest BCUT2D eigenvalue weighted by Crippen LogP contribution is 2.60. The molecule has 7 heteroatoms. The van der Waals surface area contributed by atoms with E-state index >= 15 is 0 Å². The summed E-state index contributed by atoms with van der Waals surface area (Å²) in [6.07, 6.45) is 7.29. The lowest BCUT2D eigenvalue weighted by Gasteiger charge is -2.50. The highest BCUT2D eigenvalue weighted by atomic mass is 32.2. The summed E-state index contributed by atoms with van der Waals surface area (Å²) in [5, 5.41) is -0.324. The number of rotatable bonds is 12. The summed E-state index contributed by atoms with van der Waals surface area (Å²) in [5.41, 5.74) is -0.425. The number of hydrogen-bond acceptors (Lipinski definition) is 5. The van der Waals surface area contributed by atoms with E-state index in [1.165, 1.54) is 19.3 Å². The third-order valence-corrected chi connectivity index (χ3v) is 17.2. The van der Waals surface area contributed by atoms with E-state index in [0.717, 1.165) is 12.8 Å². The van der Waals surface area contributed by atoms with Gasteiger partial charge < -0.3 is 13.9 Å². The predicted octanol–water partition coefficient (Wildman–Crippen LogP) is 8.25. The Bertz CT molecular complexity index is 1030. The summed E-state index contributed by atoms with van der Waals surface area (Å²) in [6, 6.07) is 8.95. The van der Waals surface area contributed by atoms with Crippen LogP contribution >= 0.6 is 0 Å². The van der Waals surface area contributed by atoms with Gasteiger partial charge in [-0.05, 0) is 106 Å². The van der Waals surface area contributed by atoms with Gasteiger partial charge in [0, 0.05) is 13.2 Å². The molecule has 1 aromatic carbocycles. The van der Waals surface area contributed by atoms with Crippen LogP contribution in [0.15, 0.2) is 35.2 Å². The third kappa shape index (κ3) is 7.38. The minimum atomic E-state index is -3.52. The number of sulfone groups is 1. The van der Waals surface area contributed by atoms with Gasteiger partial charge in [0.25, 0.3) is 0 Å². The lowest BCUT2D eigenvalue weighted by molar-refractivity contribution is -0.117. The molecule has 224 valence electrons. The Morgan fingerprint density at radius 1 is 1.05 bits per heavy atom. The molecule has 5 nitrogen and oxygen atoms in total. The van der Waals surface area contributed by atoms with E-state index in [-0.39, 0.29) is 23.2 Å². The van der Waals surface area contributed by atoms with Crippen molar-refractivity contribution in [2.75, 3.05) is 13.9 Å². The minimum absolute atomic E-state index is 0.151. The molecule has 0 spiro atoms. The Kier molecular flexibility index (Phi) is 10.3. The van der Waals surface area contributed by atoms with Crippen molar-refractivity contribution < 1.29 is 22.3 Å². The molecule has 6 atom stereocenters. The number of fused-ring (bicyclic) bond motifs is 1. The highest BCUT2D eigenvalue weighted by Gasteiger charge is 2.55. The van der Waals surface area contributed by atoms with Gasteiger partial charge in [-0.25, -0.2) is 8.42 Å². The zero-order valence-corrected chi connectivity index (χ0v) is 28.2. The first-order valence-corrected chi connectivity index (χ1v) is 19.5. The lowest BCUT2D eigenvalue weighted by atomic mass is 9.61. The third-order valence-electron chi connectivity index (χ3n) is 10.5. The van der Waals surface area contributed by atoms with E-state index in [1.54, 1.807) is 19.2 Å². The summed E-state index contributed by atoms with van der Waals surface area (Å²) in [4.78, 5) is 0.403. The summed E-state index contributed by atoms with van der Waals surface area (Å²) in [5.74, 6) is 1.33. The molecule has 0 aliphatic heterocycles. The average Bonchev–Trinajstić information content (AvgIpc) is 3.20. The fraction of sp³-hybridized carbons (Fsp3) is 0.812. The van der Waals surface area contributed by atoms with E-state index in [0.29, 0.717) is 35.7 Å². The molecule has 0 bridgehead atoms. The van der Waals surface area contributed by atoms with Crippen LogP contribution < -0.4 is 0 Å². The maximum Gasteiger partial charge on any atom is 0.192 e. The van der Waals surface area contributed by atoms with Crippen molar-refractivity contribution in [3.63, 3.8) is 0 Å². The smallest absolute Gasteiger partial charge is 0.192 e. The molecule has 3 rings (SSSR count). The van der Waals surface area contributed by atoms with Gasteiger partial charge in [-0.3, -0.25) is 0 Å². The second-order valence-electron chi connectivity index (χ2n) is 14.8. The van der Waals surface area contributed by atoms with E-state index < -0.39 is 29.0 Å². The molecule has 4 unspecified atom stereocenters. The topological polar surface area (TPSA) is 61.8 Å². The molecule has 1 aromatic rings. The summed E-state index contributed by atoms with van der Waals surface area (Å²) in [7, 11) is -3.79. The normalized spacial score (nSPS) is 28.2. The molecule has 0 aromatic heterocycles. The van der Waals surface area contributed by atoms with Gasteiger partial charge in [0.05, 0.1) is 15.7 Å². The molecule has 0 saturated heterocycles. The molecule has 0 radical (unpaired) electrons. The fourth-order valence-corrected chi connectivity index (χ4v) is 10.8. The van der Waals surface area contributed by atoms with Crippen molar-refractivity contribution in [2.24, 2.45) is 23.2 Å². The molecule has 2 fully saturated rings. The van der Waals surface area contributed by atoms with Gasteiger partial charge in [0.1, 0.15) is 6.79 Å². The van der Waals surface area contributed by atoms with Crippen molar-refractivity contribution in [2.45, 2.75) is 133 Å². The molecule has 0 amide bonds. The highest BCUT2D eigenvalue weighted by molar-refractivity contribution is 7.92. The van der Waals surface area contributed by atoms with Crippen molar-refractivity contribution >= 4 is 18.2 Å². The summed E-state index contributed by atoms with van der Waals surface area (Å²) >= 11 is 0. The maximum absolute atomic E-state index is 14.0. The predicted molar refractivity (Wildman–Crippen MR) is 163 cm³/mol. The van der Waals surface area contributed by atoms with Crippen LogP contribution in [0.25, 0.3) is 0 Å². The van der Waals surface area contributed by atoms with Gasteiger partial charge in [-0.15, -0.1) is 0 Å². The Morgan fingerprint density at radius 3 is 2.28 bits per heavy atom. The number of hydrogen-bond donors (Lipinski definition) is 0. The molecule has 2 saturated carbocycles. The number of ether oxygens (including phenoxy) is 2. The quantitative estimate of drug-likeness (QED) is 0.184. The van der Waals surface area contributed by atoms with E-state index in [1.807, 2.05) is 32.0 Å². The molecule has 39 heavy (non-hydrogen) atoms. The van der Waals surface area contributed by atoms with Crippen LogP contribution in [0, 0.1) is 23.2 Å². The lowest BCUT2D eigenvalue weighted by Crippen LogP contribution is -2.50. The Balaban J connectivity index is 1.85. The van der Waals surface area contributed by atoms with Crippen molar-refractivity contribution in [3.8, 4) is 0 Å². The second-order valence-corrected chi connectivity index (χ2v) is 21.8. The molecular weight excluding hydrogens is 525 g/mol. The maximum atomic E-state index is 14.0. The van der Waals surface area contributed by atoms with Gasteiger partial charge in [0.15, 0.2) is 18.2 Å². The Labute approximate surface area is 240 Å². The van der Waals surface area contributed by atoms with Crippen molar-refractivity contribution in [3.05, 3.63) is 30.3 Å². The van der Waals surface area contributed by atoms with Crippen LogP contribution in [0.5, 0.6) is 0 Å². The minimum Gasteiger partial charge on any atom is -0.414 e. The molecule has 2 aliphatic rings. The number of methoxy groups -OCH3 is 1. The monoisotopic (exact) mass is 580 g/mol. The van der Waals surface area contributed by atoms with Crippen LogP contribution in [0.4, 0.5) is 0 Å². The average molecular weight is 581 g/mol. The van der Waals surface area contributed by atoms with Gasteiger partial charge in [-0.1, -0.05) is 59.2 Å². The van der Waals surface area contributed by atoms with Crippen LogP contribution in [-0.2, 0) is 23.7 Å². The number of benzene rings is 1. The zero-order valence-electron chi connectivity index (χ0n) is 26.4. The second kappa shape index (κ2) is 12.2. The van der Waals surface area contributed by atoms with Crippen LogP contribution in [0.2, 0.25) is 18.1 Å². The fourth-order valence-electron chi connectivity index (χ4n) is 7.32. The zero-order chi connectivity index (χ0) is 29.3. The molecular formula is C32H56O5SSi. The van der Waals surface area contributed by atoms with E-state index in [2.05, 4.69) is 47.7 Å². The van der Waals surface area contributed by atoms with Crippen LogP contribution in [0.3, 0.4) is 0 Å². The molecule has 2 aliphatic carbocycles. The van der Waals surface area contributed by atoms with Crippen LogP contribution in [0.1, 0.15) is 93.4 Å². The summed E-state index contributed by atoms with van der Waals surface area (Å²) < 4.78 is 46.1. The Morgan fingerprint density at radius 2 is 1.69 bits per heavy atom. The van der Waals surface area contributed by atoms with Gasteiger partial charge in [-0.2, -0.15) is 0 Å². The van der Waals surface area contributed by atoms with Gasteiger partial charge in [0.2, 0.25) is 0 Å². The van der Waals surface area contributed by atoms with E-state index in [9.17, 15) is 8.42 Å². The Hall–Kier alpha value is -0.733. The first kappa shape index (κ1) is 32.8. The van der Waals surface area contributed by atoms with Gasteiger partial charge >= 0.3 is 0 Å². The molecule has 0 N–H and O–H groups in total. The van der Waals surface area contributed by atoms with Crippen LogP contribution in [-0.4, -0.2) is 47.6 Å². The summed E-state index contributed by atoms with van der Waals surface area (Å²) in [6.45, 7) is 20.6. The largest absolute Gasteiger partial charge is 0.414 e. The van der Waals surface area contributed by atoms with Crippen molar-refractivity contribution in [1.82, 2.24) is 0 Å². The standard InChI is InChI=1S/C32H56O5SSi/c1-24(21-26(22-31(5,6)36-23-35-8)38(33,34)25-15-12-11-13-16-25)27-18-19-28-29(17-14-20-32(27,28)7)37-39(9,10)30(2,3)4/h11-13,15-16,24,26-29H,14,17-23H2,1-10H3/t24-,26?,27?,28?,29-,32?/m0/s1. The first-order valence-electron chi connectivity index (χ1n) is 15.0. The first-order chi connectivity index (χ1) is 17.9. The van der Waals surface area contributed by atoms with Crippen molar-refractivity contribution in [1.29, 1.82) is 0 Å². The van der Waals surface area contributed by atoms with E-state index in [4.69, 9.17) is 13.9 Å².